The highest BCUT2D eigenvalue weighted by atomic mass is 16.2. The Morgan fingerprint density at radius 3 is 2.37 bits per heavy atom. The smallest absolute Gasteiger partial charge is 0.237 e. The van der Waals surface area contributed by atoms with Crippen LogP contribution in [0.1, 0.15) is 39.2 Å². The zero-order valence-corrected chi connectivity index (χ0v) is 12.2. The third kappa shape index (κ3) is 6.39. The summed E-state index contributed by atoms with van der Waals surface area (Å²) in [7, 11) is 0. The molecule has 0 saturated carbocycles. The van der Waals surface area contributed by atoms with Crippen LogP contribution in [0.5, 0.6) is 0 Å². The van der Waals surface area contributed by atoms with Crippen molar-refractivity contribution in [3.63, 3.8) is 0 Å². The number of hydrogen-bond acceptors (Lipinski definition) is 2. The van der Waals surface area contributed by atoms with Gasteiger partial charge in [0.2, 0.25) is 5.91 Å². The summed E-state index contributed by atoms with van der Waals surface area (Å²) in [5, 5.41) is 2.99. The standard InChI is InChI=1S/C16H26N2O/c1-12(2)9-10-13(3)18-16(19)15(17)11-14-7-5-4-6-8-14/h4-8,12-13,15H,9-11,17H2,1-3H3,(H,18,19). The average Bonchev–Trinajstić information content (AvgIpc) is 2.37. The number of nitrogens with one attached hydrogen (secondary N) is 1. The van der Waals surface area contributed by atoms with Crippen LogP contribution in [-0.4, -0.2) is 18.0 Å². The van der Waals surface area contributed by atoms with E-state index in [4.69, 9.17) is 5.73 Å². The molecule has 106 valence electrons. The number of carbonyl (C=O) groups is 1. The van der Waals surface area contributed by atoms with Crippen LogP contribution in [0.15, 0.2) is 30.3 Å². The Hall–Kier alpha value is -1.35. The van der Waals surface area contributed by atoms with Crippen molar-refractivity contribution in [1.29, 1.82) is 0 Å². The van der Waals surface area contributed by atoms with Gasteiger partial charge in [-0.1, -0.05) is 44.2 Å². The SMILES string of the molecule is CC(C)CCC(C)NC(=O)C(N)Cc1ccccc1. The minimum atomic E-state index is -0.469. The molecule has 0 heterocycles. The lowest BCUT2D eigenvalue weighted by Gasteiger charge is -2.18. The fraction of sp³-hybridized carbons (Fsp3) is 0.562. The van der Waals surface area contributed by atoms with E-state index in [1.807, 2.05) is 37.3 Å². The topological polar surface area (TPSA) is 55.1 Å². The first kappa shape index (κ1) is 15.7. The lowest BCUT2D eigenvalue weighted by molar-refractivity contribution is -0.123. The van der Waals surface area contributed by atoms with Gasteiger partial charge in [-0.05, 0) is 37.7 Å². The fourth-order valence-electron chi connectivity index (χ4n) is 1.97. The summed E-state index contributed by atoms with van der Waals surface area (Å²) >= 11 is 0. The molecule has 2 atom stereocenters. The van der Waals surface area contributed by atoms with E-state index in [0.29, 0.717) is 12.3 Å². The second kappa shape index (κ2) is 7.95. The molecule has 0 saturated heterocycles. The van der Waals surface area contributed by atoms with Gasteiger partial charge in [-0.3, -0.25) is 4.79 Å². The molecule has 0 aliphatic heterocycles. The summed E-state index contributed by atoms with van der Waals surface area (Å²) in [6, 6.07) is 9.60. The van der Waals surface area contributed by atoms with Crippen LogP contribution in [0, 0.1) is 5.92 Å². The van der Waals surface area contributed by atoms with E-state index in [-0.39, 0.29) is 11.9 Å². The predicted octanol–water partition coefficient (Wildman–Crippen LogP) is 2.50. The second-order valence-corrected chi connectivity index (χ2v) is 5.68. The van der Waals surface area contributed by atoms with Gasteiger partial charge in [-0.25, -0.2) is 0 Å². The molecule has 1 rings (SSSR count). The summed E-state index contributed by atoms with van der Waals surface area (Å²) in [6.45, 7) is 6.42. The van der Waals surface area contributed by atoms with Crippen LogP contribution in [-0.2, 0) is 11.2 Å². The highest BCUT2D eigenvalue weighted by molar-refractivity contribution is 5.82. The monoisotopic (exact) mass is 262 g/mol. The largest absolute Gasteiger partial charge is 0.352 e. The number of carbonyl (C=O) groups excluding carboxylic acids is 1. The van der Waals surface area contributed by atoms with Gasteiger partial charge in [-0.2, -0.15) is 0 Å². The Kier molecular flexibility index (Phi) is 6.57. The number of hydrogen-bond donors (Lipinski definition) is 2. The third-order valence-electron chi connectivity index (χ3n) is 3.20. The van der Waals surface area contributed by atoms with E-state index in [0.717, 1.165) is 18.4 Å². The van der Waals surface area contributed by atoms with E-state index >= 15 is 0 Å². The molecular formula is C16H26N2O. The Labute approximate surface area is 116 Å². The first-order valence-electron chi connectivity index (χ1n) is 7.09. The van der Waals surface area contributed by atoms with Crippen molar-refractivity contribution in [3.8, 4) is 0 Å². The Morgan fingerprint density at radius 2 is 1.79 bits per heavy atom. The molecule has 0 bridgehead atoms. The van der Waals surface area contributed by atoms with E-state index < -0.39 is 6.04 Å². The van der Waals surface area contributed by atoms with Crippen molar-refractivity contribution < 1.29 is 4.79 Å². The van der Waals surface area contributed by atoms with Crippen molar-refractivity contribution in [3.05, 3.63) is 35.9 Å². The van der Waals surface area contributed by atoms with Gasteiger partial charge in [0.05, 0.1) is 6.04 Å². The molecule has 0 aliphatic carbocycles. The molecule has 0 fully saturated rings. The van der Waals surface area contributed by atoms with Gasteiger partial charge in [0.15, 0.2) is 0 Å². The van der Waals surface area contributed by atoms with Gasteiger partial charge in [-0.15, -0.1) is 0 Å². The number of amides is 1. The van der Waals surface area contributed by atoms with Crippen LogP contribution in [0.3, 0.4) is 0 Å². The second-order valence-electron chi connectivity index (χ2n) is 5.68. The zero-order valence-electron chi connectivity index (χ0n) is 12.2. The van der Waals surface area contributed by atoms with Gasteiger partial charge in [0.25, 0.3) is 0 Å². The van der Waals surface area contributed by atoms with Crippen molar-refractivity contribution in [2.24, 2.45) is 11.7 Å². The maximum atomic E-state index is 12.0. The van der Waals surface area contributed by atoms with Gasteiger partial charge < -0.3 is 11.1 Å². The molecule has 0 aliphatic rings. The summed E-state index contributed by atoms with van der Waals surface area (Å²) in [5.41, 5.74) is 7.04. The maximum absolute atomic E-state index is 12.0. The van der Waals surface area contributed by atoms with Crippen LogP contribution in [0.2, 0.25) is 0 Å². The number of nitrogens with two attached hydrogens (primary N) is 1. The molecule has 0 radical (unpaired) electrons. The minimum Gasteiger partial charge on any atom is -0.352 e. The molecule has 3 nitrogen and oxygen atoms in total. The molecule has 0 spiro atoms. The maximum Gasteiger partial charge on any atom is 0.237 e. The average molecular weight is 262 g/mol. The van der Waals surface area contributed by atoms with Crippen molar-refractivity contribution in [1.82, 2.24) is 5.32 Å². The zero-order chi connectivity index (χ0) is 14.3. The van der Waals surface area contributed by atoms with E-state index in [2.05, 4.69) is 19.2 Å². The Morgan fingerprint density at radius 1 is 1.16 bits per heavy atom. The quantitative estimate of drug-likeness (QED) is 0.793. The molecule has 3 N–H and O–H groups in total. The Balaban J connectivity index is 2.36. The van der Waals surface area contributed by atoms with E-state index in [9.17, 15) is 4.79 Å². The van der Waals surface area contributed by atoms with E-state index in [1.165, 1.54) is 0 Å². The van der Waals surface area contributed by atoms with Crippen LogP contribution in [0.4, 0.5) is 0 Å². The van der Waals surface area contributed by atoms with Gasteiger partial charge in [0.1, 0.15) is 0 Å². The fourth-order valence-corrected chi connectivity index (χ4v) is 1.97. The molecule has 19 heavy (non-hydrogen) atoms. The molecule has 0 aromatic heterocycles. The summed E-state index contributed by atoms with van der Waals surface area (Å²) < 4.78 is 0. The molecule has 2 unspecified atom stereocenters. The van der Waals surface area contributed by atoms with Crippen molar-refractivity contribution in [2.75, 3.05) is 0 Å². The Bertz CT molecular complexity index is 376. The molecule has 3 heteroatoms. The number of benzene rings is 1. The van der Waals surface area contributed by atoms with Crippen molar-refractivity contribution >= 4 is 5.91 Å². The highest BCUT2D eigenvalue weighted by Crippen LogP contribution is 2.07. The van der Waals surface area contributed by atoms with Crippen LogP contribution < -0.4 is 11.1 Å². The molecule has 1 aromatic rings. The van der Waals surface area contributed by atoms with Crippen LogP contribution >= 0.6 is 0 Å². The molecular weight excluding hydrogens is 236 g/mol. The summed E-state index contributed by atoms with van der Waals surface area (Å²) in [6.07, 6.45) is 2.71. The normalized spacial score (nSPS) is 14.2. The predicted molar refractivity (Wildman–Crippen MR) is 79.8 cm³/mol. The van der Waals surface area contributed by atoms with Crippen molar-refractivity contribution in [2.45, 2.75) is 52.1 Å². The van der Waals surface area contributed by atoms with Crippen LogP contribution in [0.25, 0.3) is 0 Å². The highest BCUT2D eigenvalue weighted by Gasteiger charge is 2.16. The van der Waals surface area contributed by atoms with E-state index in [1.54, 1.807) is 0 Å². The van der Waals surface area contributed by atoms with Gasteiger partial charge >= 0.3 is 0 Å². The first-order valence-corrected chi connectivity index (χ1v) is 7.09. The van der Waals surface area contributed by atoms with Gasteiger partial charge in [0, 0.05) is 6.04 Å². The molecule has 1 amide bonds. The lowest BCUT2D eigenvalue weighted by Crippen LogP contribution is -2.45. The summed E-state index contributed by atoms with van der Waals surface area (Å²) in [5.74, 6) is 0.609. The molecule has 1 aromatic carbocycles. The summed E-state index contributed by atoms with van der Waals surface area (Å²) in [4.78, 5) is 12.0. The number of rotatable bonds is 7. The minimum absolute atomic E-state index is 0.0555. The third-order valence-corrected chi connectivity index (χ3v) is 3.20. The lowest BCUT2D eigenvalue weighted by atomic mass is 10.0. The first-order chi connectivity index (χ1) is 8.99.